The minimum absolute atomic E-state index is 0.0748. The predicted molar refractivity (Wildman–Crippen MR) is 162 cm³/mol. The van der Waals surface area contributed by atoms with Crippen LogP contribution in [0.2, 0.25) is 0 Å². The Kier molecular flexibility index (Phi) is 8.00. The number of aliphatic hydroxyl groups is 1. The second-order valence-corrected chi connectivity index (χ2v) is 15.0. The number of rotatable bonds is 5. The molecule has 6 heteroatoms. The van der Waals surface area contributed by atoms with E-state index in [1.807, 2.05) is 24.3 Å². The maximum Gasteiger partial charge on any atom is 0.302 e. The van der Waals surface area contributed by atoms with Crippen LogP contribution < -0.4 is 5.32 Å². The van der Waals surface area contributed by atoms with E-state index < -0.39 is 17.6 Å². The Balaban J connectivity index is 1.50. The standard InChI is InChI=1S/C35H52N2O4/c1-21(37(7)8)26-15-17-35(6)27-20-29(41-22(2)38)30-25(18-24(27)14-16-34(26,35)5)19-28(39)31(33(30,3)4)36-32(40)23-12-10-9-11-13-23/h9-13,19,21,24,26-31,39H,14-18,20H2,1-8H3,(H,36,40)/t21-,24-,26-,27-,28-,29+,30+,31+,34-,35+/m1/s1. The van der Waals surface area contributed by atoms with Crippen LogP contribution in [0.3, 0.4) is 0 Å². The number of nitrogens with one attached hydrogen (secondary N) is 1. The van der Waals surface area contributed by atoms with Gasteiger partial charge < -0.3 is 20.1 Å². The summed E-state index contributed by atoms with van der Waals surface area (Å²) in [5, 5.41) is 14.6. The van der Waals surface area contributed by atoms with E-state index in [1.54, 1.807) is 12.1 Å². The van der Waals surface area contributed by atoms with E-state index in [0.29, 0.717) is 29.4 Å². The molecule has 226 valence electrons. The average molecular weight is 565 g/mol. The van der Waals surface area contributed by atoms with Gasteiger partial charge in [-0.2, -0.15) is 0 Å². The van der Waals surface area contributed by atoms with Crippen molar-refractivity contribution in [3.63, 3.8) is 0 Å². The van der Waals surface area contributed by atoms with E-state index in [-0.39, 0.29) is 34.7 Å². The normalized spacial score (nSPS) is 40.3. The summed E-state index contributed by atoms with van der Waals surface area (Å²) in [5.74, 6) is 1.04. The third-order valence-electron chi connectivity index (χ3n) is 12.6. The second kappa shape index (κ2) is 10.8. The van der Waals surface area contributed by atoms with Gasteiger partial charge in [0, 0.05) is 24.4 Å². The highest BCUT2D eigenvalue weighted by molar-refractivity contribution is 5.94. The molecule has 0 radical (unpaired) electrons. The number of carbonyl (C=O) groups is 2. The van der Waals surface area contributed by atoms with Gasteiger partial charge >= 0.3 is 5.97 Å². The summed E-state index contributed by atoms with van der Waals surface area (Å²) in [6.45, 7) is 13.2. The lowest BCUT2D eigenvalue weighted by Crippen LogP contribution is -2.59. The van der Waals surface area contributed by atoms with Gasteiger partial charge in [0.25, 0.3) is 5.91 Å². The zero-order valence-electron chi connectivity index (χ0n) is 26.4. The van der Waals surface area contributed by atoms with Gasteiger partial charge in [0.05, 0.1) is 12.1 Å². The van der Waals surface area contributed by atoms with Crippen molar-refractivity contribution in [3.05, 3.63) is 47.5 Å². The smallest absolute Gasteiger partial charge is 0.302 e. The summed E-state index contributed by atoms with van der Waals surface area (Å²) < 4.78 is 6.26. The molecule has 41 heavy (non-hydrogen) atoms. The summed E-state index contributed by atoms with van der Waals surface area (Å²) in [4.78, 5) is 28.2. The van der Waals surface area contributed by atoms with Gasteiger partial charge in [-0.3, -0.25) is 9.59 Å². The van der Waals surface area contributed by atoms with Gasteiger partial charge in [-0.1, -0.05) is 57.5 Å². The van der Waals surface area contributed by atoms with Crippen LogP contribution in [0, 0.1) is 39.9 Å². The van der Waals surface area contributed by atoms with Crippen LogP contribution in [-0.2, 0) is 9.53 Å². The molecule has 0 bridgehead atoms. The summed E-state index contributed by atoms with van der Waals surface area (Å²) in [7, 11) is 4.41. The zero-order valence-corrected chi connectivity index (χ0v) is 26.4. The van der Waals surface area contributed by atoms with Crippen molar-refractivity contribution in [1.29, 1.82) is 0 Å². The number of esters is 1. The number of aliphatic hydroxyl groups excluding tert-OH is 1. The molecule has 0 aromatic heterocycles. The molecule has 4 aliphatic carbocycles. The molecule has 0 saturated heterocycles. The van der Waals surface area contributed by atoms with E-state index in [9.17, 15) is 14.7 Å². The third-order valence-corrected chi connectivity index (χ3v) is 12.6. The number of hydrogen-bond acceptors (Lipinski definition) is 5. The molecule has 3 saturated carbocycles. The molecule has 3 fully saturated rings. The number of carbonyl (C=O) groups excluding carboxylic acids is 2. The highest BCUT2D eigenvalue weighted by Crippen LogP contribution is 2.70. The van der Waals surface area contributed by atoms with Crippen LogP contribution in [0.25, 0.3) is 0 Å². The van der Waals surface area contributed by atoms with E-state index in [4.69, 9.17) is 4.74 Å². The molecule has 0 heterocycles. The van der Waals surface area contributed by atoms with Gasteiger partial charge in [0.1, 0.15) is 6.10 Å². The largest absolute Gasteiger partial charge is 0.462 e. The maximum atomic E-state index is 13.2. The van der Waals surface area contributed by atoms with Crippen LogP contribution in [0.5, 0.6) is 0 Å². The van der Waals surface area contributed by atoms with Gasteiger partial charge in [-0.25, -0.2) is 0 Å². The van der Waals surface area contributed by atoms with Crippen molar-refractivity contribution in [1.82, 2.24) is 10.2 Å². The van der Waals surface area contributed by atoms with Crippen molar-refractivity contribution in [2.75, 3.05) is 14.1 Å². The van der Waals surface area contributed by atoms with Gasteiger partial charge in [0.2, 0.25) is 0 Å². The first-order chi connectivity index (χ1) is 19.2. The van der Waals surface area contributed by atoms with Gasteiger partial charge in [0.15, 0.2) is 0 Å². The van der Waals surface area contributed by atoms with Gasteiger partial charge in [-0.05, 0) is 106 Å². The van der Waals surface area contributed by atoms with E-state index >= 15 is 0 Å². The number of fused-ring (bicyclic) bond motifs is 4. The summed E-state index contributed by atoms with van der Waals surface area (Å²) >= 11 is 0. The molecule has 10 atom stereocenters. The Morgan fingerprint density at radius 3 is 2.34 bits per heavy atom. The van der Waals surface area contributed by atoms with Crippen molar-refractivity contribution in [3.8, 4) is 0 Å². The van der Waals surface area contributed by atoms with E-state index in [2.05, 4.69) is 58.9 Å². The Bertz CT molecular complexity index is 1180. The molecule has 5 rings (SSSR count). The molecular weight excluding hydrogens is 512 g/mol. The molecule has 1 aromatic carbocycles. The van der Waals surface area contributed by atoms with Crippen molar-refractivity contribution in [2.24, 2.45) is 39.9 Å². The minimum atomic E-state index is -0.806. The Morgan fingerprint density at radius 2 is 1.71 bits per heavy atom. The second-order valence-electron chi connectivity index (χ2n) is 15.0. The Labute approximate surface area is 247 Å². The topological polar surface area (TPSA) is 78.9 Å². The minimum Gasteiger partial charge on any atom is -0.462 e. The molecule has 2 N–H and O–H groups in total. The van der Waals surface area contributed by atoms with Gasteiger partial charge in [-0.15, -0.1) is 0 Å². The molecular formula is C35H52N2O4. The molecule has 1 amide bonds. The predicted octanol–water partition coefficient (Wildman–Crippen LogP) is 5.85. The lowest BCUT2D eigenvalue weighted by molar-refractivity contribution is -0.156. The highest BCUT2D eigenvalue weighted by Gasteiger charge is 2.64. The fraction of sp³-hybridized carbons (Fsp3) is 0.714. The first-order valence-corrected chi connectivity index (χ1v) is 15.8. The SMILES string of the molecule is CC(=O)O[C@H]1C[C@@H]2[C@H](CC[C@]3(C)[C@@H]([C@@H](C)N(C)C)CC[C@@]23C)CC2=C[C@@H](O)[C@H](NC(=O)c3ccccc3)C(C)(C)[C@@H]21. The number of amides is 1. The summed E-state index contributed by atoms with van der Waals surface area (Å²) in [5.41, 5.74) is 1.63. The molecule has 0 spiro atoms. The molecule has 0 unspecified atom stereocenters. The number of hydrogen-bond donors (Lipinski definition) is 2. The van der Waals surface area contributed by atoms with Crippen molar-refractivity contribution >= 4 is 11.9 Å². The number of benzene rings is 1. The number of ether oxygens (including phenoxy) is 1. The lowest BCUT2D eigenvalue weighted by atomic mass is 9.48. The van der Waals surface area contributed by atoms with Crippen molar-refractivity contribution in [2.45, 2.75) is 104 Å². The molecule has 0 aliphatic heterocycles. The van der Waals surface area contributed by atoms with Crippen LogP contribution in [0.15, 0.2) is 42.0 Å². The molecule has 4 aliphatic rings. The average Bonchev–Trinajstić information content (AvgIpc) is 3.07. The first-order valence-electron chi connectivity index (χ1n) is 15.8. The van der Waals surface area contributed by atoms with E-state index in [0.717, 1.165) is 19.3 Å². The van der Waals surface area contributed by atoms with Crippen LogP contribution >= 0.6 is 0 Å². The summed E-state index contributed by atoms with van der Waals surface area (Å²) in [6.07, 6.45) is 7.46. The van der Waals surface area contributed by atoms with Crippen LogP contribution in [-0.4, -0.2) is 60.3 Å². The van der Waals surface area contributed by atoms with Crippen LogP contribution in [0.1, 0.15) is 90.4 Å². The monoisotopic (exact) mass is 564 g/mol. The molecule has 1 aromatic rings. The first kappa shape index (κ1) is 30.3. The van der Waals surface area contributed by atoms with Crippen LogP contribution in [0.4, 0.5) is 0 Å². The summed E-state index contributed by atoms with van der Waals surface area (Å²) in [6, 6.07) is 9.18. The molecule has 6 nitrogen and oxygen atoms in total. The Hall–Kier alpha value is -2.18. The quantitative estimate of drug-likeness (QED) is 0.346. The Morgan fingerprint density at radius 1 is 1.05 bits per heavy atom. The number of nitrogens with zero attached hydrogens (tertiary/aromatic N) is 1. The lowest BCUT2D eigenvalue weighted by Gasteiger charge is -2.57. The highest BCUT2D eigenvalue weighted by atomic mass is 16.5. The fourth-order valence-electron chi connectivity index (χ4n) is 10.1. The maximum absolute atomic E-state index is 13.2. The zero-order chi connectivity index (χ0) is 29.9. The van der Waals surface area contributed by atoms with Crippen molar-refractivity contribution < 1.29 is 19.4 Å². The third kappa shape index (κ3) is 4.97. The fourth-order valence-corrected chi connectivity index (χ4v) is 10.1. The van der Waals surface area contributed by atoms with E-state index in [1.165, 1.54) is 31.8 Å².